The highest BCUT2D eigenvalue weighted by atomic mass is 16.5. The van der Waals surface area contributed by atoms with E-state index < -0.39 is 0 Å². The van der Waals surface area contributed by atoms with Crippen molar-refractivity contribution in [3.05, 3.63) is 0 Å². The monoisotopic (exact) mass is 175 g/mol. The summed E-state index contributed by atoms with van der Waals surface area (Å²) in [5.74, 6) is 0. The number of nitrogens with one attached hydrogen (secondary N) is 1. The summed E-state index contributed by atoms with van der Waals surface area (Å²) in [6.07, 6.45) is 0.997. The lowest BCUT2D eigenvalue weighted by molar-refractivity contribution is -0.00382. The average molecular weight is 175 g/mol. The Bertz CT molecular complexity index is 99.2. The first-order valence-electron chi connectivity index (χ1n) is 4.52. The Morgan fingerprint density at radius 2 is 1.92 bits per heavy atom. The smallest absolute Gasteiger partial charge is 0.0598 e. The van der Waals surface area contributed by atoms with E-state index in [2.05, 4.69) is 5.32 Å². The second-order valence-electron chi connectivity index (χ2n) is 3.79. The summed E-state index contributed by atoms with van der Waals surface area (Å²) in [5.41, 5.74) is -0.0308. The van der Waals surface area contributed by atoms with E-state index in [-0.39, 0.29) is 12.2 Å². The molecule has 0 rings (SSSR count). The summed E-state index contributed by atoms with van der Waals surface area (Å²) in [6, 6.07) is 0. The van der Waals surface area contributed by atoms with Gasteiger partial charge in [0.2, 0.25) is 0 Å². The topological polar surface area (TPSA) is 41.5 Å². The highest BCUT2D eigenvalue weighted by molar-refractivity contribution is 4.58. The molecule has 0 aromatic carbocycles. The van der Waals surface area contributed by atoms with Gasteiger partial charge in [-0.05, 0) is 33.7 Å². The highest BCUT2D eigenvalue weighted by Crippen LogP contribution is 2.06. The predicted octanol–water partition coefficient (Wildman–Crippen LogP) is 0.774. The summed E-state index contributed by atoms with van der Waals surface area (Å²) in [5, 5.41) is 11.5. The van der Waals surface area contributed by atoms with E-state index in [1.807, 2.05) is 20.8 Å². The van der Waals surface area contributed by atoms with Gasteiger partial charge in [0.05, 0.1) is 12.2 Å². The standard InChI is InChI=1S/C9H21NO2/c1-9(2,3)12-8-4-5-10-6-7-11/h10-11H,4-8H2,1-3H3. The van der Waals surface area contributed by atoms with Gasteiger partial charge in [0, 0.05) is 13.2 Å². The second kappa shape index (κ2) is 6.40. The summed E-state index contributed by atoms with van der Waals surface area (Å²) in [4.78, 5) is 0. The van der Waals surface area contributed by atoms with Crippen molar-refractivity contribution in [2.45, 2.75) is 32.8 Å². The molecule has 0 atom stereocenters. The van der Waals surface area contributed by atoms with E-state index in [0.29, 0.717) is 6.54 Å². The van der Waals surface area contributed by atoms with Crippen molar-refractivity contribution in [2.75, 3.05) is 26.3 Å². The van der Waals surface area contributed by atoms with Crippen LogP contribution in [0.15, 0.2) is 0 Å². The van der Waals surface area contributed by atoms with Crippen LogP contribution >= 0.6 is 0 Å². The average Bonchev–Trinajstić information content (AvgIpc) is 1.94. The Kier molecular flexibility index (Phi) is 6.34. The summed E-state index contributed by atoms with van der Waals surface area (Å²) < 4.78 is 5.51. The van der Waals surface area contributed by atoms with Crippen LogP contribution in [0, 0.1) is 0 Å². The Morgan fingerprint density at radius 3 is 2.42 bits per heavy atom. The molecule has 74 valence electrons. The van der Waals surface area contributed by atoms with E-state index in [1.165, 1.54) is 0 Å². The van der Waals surface area contributed by atoms with Crippen LogP contribution < -0.4 is 5.32 Å². The third kappa shape index (κ3) is 9.88. The van der Waals surface area contributed by atoms with Crippen LogP contribution in [0.2, 0.25) is 0 Å². The Labute approximate surface area is 75.1 Å². The van der Waals surface area contributed by atoms with Gasteiger partial charge < -0.3 is 15.2 Å². The summed E-state index contributed by atoms with van der Waals surface area (Å²) >= 11 is 0. The fraction of sp³-hybridized carbons (Fsp3) is 1.00. The minimum atomic E-state index is -0.0308. The Hall–Kier alpha value is -0.120. The van der Waals surface area contributed by atoms with Gasteiger partial charge in [0.25, 0.3) is 0 Å². The molecular formula is C9H21NO2. The van der Waals surface area contributed by atoms with Gasteiger partial charge in [-0.2, -0.15) is 0 Å². The molecule has 0 saturated heterocycles. The molecule has 12 heavy (non-hydrogen) atoms. The van der Waals surface area contributed by atoms with Crippen LogP contribution in [0.25, 0.3) is 0 Å². The van der Waals surface area contributed by atoms with Crippen LogP contribution in [-0.2, 0) is 4.74 Å². The SMILES string of the molecule is CC(C)(C)OCCCNCCO. The van der Waals surface area contributed by atoms with Crippen LogP contribution in [0.1, 0.15) is 27.2 Å². The lowest BCUT2D eigenvalue weighted by Gasteiger charge is -2.19. The van der Waals surface area contributed by atoms with Gasteiger partial charge in [-0.3, -0.25) is 0 Å². The van der Waals surface area contributed by atoms with Gasteiger partial charge in [0.15, 0.2) is 0 Å². The van der Waals surface area contributed by atoms with Crippen molar-refractivity contribution in [1.82, 2.24) is 5.32 Å². The van der Waals surface area contributed by atoms with Crippen LogP contribution in [0.4, 0.5) is 0 Å². The lowest BCUT2D eigenvalue weighted by Crippen LogP contribution is -2.24. The van der Waals surface area contributed by atoms with Gasteiger partial charge >= 0.3 is 0 Å². The molecule has 2 N–H and O–H groups in total. The number of aliphatic hydroxyl groups is 1. The van der Waals surface area contributed by atoms with Crippen LogP contribution in [0.3, 0.4) is 0 Å². The van der Waals surface area contributed by atoms with Crippen LogP contribution in [-0.4, -0.2) is 37.0 Å². The zero-order valence-corrected chi connectivity index (χ0v) is 8.39. The number of rotatable bonds is 6. The minimum absolute atomic E-state index is 0.0308. The largest absolute Gasteiger partial charge is 0.395 e. The number of hydrogen-bond donors (Lipinski definition) is 2. The third-order valence-electron chi connectivity index (χ3n) is 1.32. The molecule has 0 aromatic heterocycles. The zero-order chi connectivity index (χ0) is 9.45. The lowest BCUT2D eigenvalue weighted by atomic mass is 10.2. The van der Waals surface area contributed by atoms with Crippen molar-refractivity contribution < 1.29 is 9.84 Å². The molecule has 0 spiro atoms. The van der Waals surface area contributed by atoms with Gasteiger partial charge in [0.1, 0.15) is 0 Å². The van der Waals surface area contributed by atoms with Gasteiger partial charge in [-0.1, -0.05) is 0 Å². The molecule has 0 aromatic rings. The number of aliphatic hydroxyl groups excluding tert-OH is 1. The molecule has 0 aliphatic carbocycles. The summed E-state index contributed by atoms with van der Waals surface area (Å²) in [6.45, 7) is 8.73. The van der Waals surface area contributed by atoms with Crippen LogP contribution in [0.5, 0.6) is 0 Å². The predicted molar refractivity (Wildman–Crippen MR) is 50.3 cm³/mol. The third-order valence-corrected chi connectivity index (χ3v) is 1.32. The highest BCUT2D eigenvalue weighted by Gasteiger charge is 2.08. The van der Waals surface area contributed by atoms with Crippen molar-refractivity contribution in [1.29, 1.82) is 0 Å². The molecule has 0 bridgehead atoms. The van der Waals surface area contributed by atoms with E-state index in [0.717, 1.165) is 19.6 Å². The molecular weight excluding hydrogens is 154 g/mol. The Balaban J connectivity index is 3.01. The van der Waals surface area contributed by atoms with Gasteiger partial charge in [-0.25, -0.2) is 0 Å². The first-order chi connectivity index (χ1) is 5.56. The maximum absolute atomic E-state index is 8.46. The Morgan fingerprint density at radius 1 is 1.25 bits per heavy atom. The molecule has 3 heteroatoms. The zero-order valence-electron chi connectivity index (χ0n) is 8.39. The second-order valence-corrected chi connectivity index (χ2v) is 3.79. The normalized spacial score (nSPS) is 12.0. The molecule has 3 nitrogen and oxygen atoms in total. The first kappa shape index (κ1) is 11.9. The quantitative estimate of drug-likeness (QED) is 0.586. The number of ether oxygens (including phenoxy) is 1. The van der Waals surface area contributed by atoms with Crippen molar-refractivity contribution in [2.24, 2.45) is 0 Å². The first-order valence-corrected chi connectivity index (χ1v) is 4.52. The van der Waals surface area contributed by atoms with E-state index in [4.69, 9.17) is 9.84 Å². The van der Waals surface area contributed by atoms with E-state index >= 15 is 0 Å². The van der Waals surface area contributed by atoms with E-state index in [9.17, 15) is 0 Å². The fourth-order valence-electron chi connectivity index (χ4n) is 0.780. The maximum Gasteiger partial charge on any atom is 0.0598 e. The molecule has 0 amide bonds. The molecule has 0 radical (unpaired) electrons. The van der Waals surface area contributed by atoms with Gasteiger partial charge in [-0.15, -0.1) is 0 Å². The molecule has 0 aliphatic heterocycles. The van der Waals surface area contributed by atoms with E-state index in [1.54, 1.807) is 0 Å². The summed E-state index contributed by atoms with van der Waals surface area (Å²) in [7, 11) is 0. The molecule has 0 saturated carbocycles. The molecule has 0 aliphatic rings. The minimum Gasteiger partial charge on any atom is -0.395 e. The maximum atomic E-state index is 8.46. The van der Waals surface area contributed by atoms with Crippen molar-refractivity contribution >= 4 is 0 Å². The molecule has 0 heterocycles. The number of hydrogen-bond acceptors (Lipinski definition) is 3. The van der Waals surface area contributed by atoms with Crippen molar-refractivity contribution in [3.63, 3.8) is 0 Å². The van der Waals surface area contributed by atoms with Crippen molar-refractivity contribution in [3.8, 4) is 0 Å². The molecule has 0 unspecified atom stereocenters. The fourth-order valence-corrected chi connectivity index (χ4v) is 0.780. The molecule has 0 fully saturated rings.